The first-order valence-electron chi connectivity index (χ1n) is 5.98. The number of aryl methyl sites for hydroxylation is 1. The maximum Gasteiger partial charge on any atom is 0.339 e. The molecule has 19 heavy (non-hydrogen) atoms. The lowest BCUT2D eigenvalue weighted by atomic mass is 10.1. The van der Waals surface area contributed by atoms with Gasteiger partial charge in [0, 0.05) is 5.56 Å². The summed E-state index contributed by atoms with van der Waals surface area (Å²) in [6.07, 6.45) is 0. The molecule has 0 atom stereocenters. The first kappa shape index (κ1) is 13.0. The lowest BCUT2D eigenvalue weighted by Crippen LogP contribution is -1.98. The quantitative estimate of drug-likeness (QED) is 0.788. The molecule has 0 aliphatic rings. The van der Waals surface area contributed by atoms with Crippen molar-refractivity contribution >= 4 is 11.8 Å². The average molecular weight is 260 g/mol. The SMILES string of the molecule is CCOc1ccc(C)cc1-c1cc(C(=O)O)c(N)[nH]1. The summed E-state index contributed by atoms with van der Waals surface area (Å²) in [5, 5.41) is 9.02. The highest BCUT2D eigenvalue weighted by Gasteiger charge is 2.15. The Morgan fingerprint density at radius 1 is 1.42 bits per heavy atom. The highest BCUT2D eigenvalue weighted by atomic mass is 16.5. The minimum Gasteiger partial charge on any atom is -0.493 e. The Bertz CT molecular complexity index is 617. The molecule has 0 bridgehead atoms. The van der Waals surface area contributed by atoms with Gasteiger partial charge in [0.2, 0.25) is 0 Å². The van der Waals surface area contributed by atoms with E-state index in [9.17, 15) is 4.79 Å². The molecule has 1 heterocycles. The van der Waals surface area contributed by atoms with Gasteiger partial charge in [-0.15, -0.1) is 0 Å². The summed E-state index contributed by atoms with van der Waals surface area (Å²) in [6.45, 7) is 4.40. The summed E-state index contributed by atoms with van der Waals surface area (Å²) in [5.41, 5.74) is 8.24. The summed E-state index contributed by atoms with van der Waals surface area (Å²) in [7, 11) is 0. The van der Waals surface area contributed by atoms with E-state index in [1.54, 1.807) is 0 Å². The van der Waals surface area contributed by atoms with Gasteiger partial charge < -0.3 is 20.6 Å². The fourth-order valence-electron chi connectivity index (χ4n) is 1.93. The van der Waals surface area contributed by atoms with Gasteiger partial charge in [-0.2, -0.15) is 0 Å². The number of carbonyl (C=O) groups is 1. The van der Waals surface area contributed by atoms with E-state index in [0.29, 0.717) is 18.1 Å². The van der Waals surface area contributed by atoms with Crippen molar-refractivity contribution in [2.75, 3.05) is 12.3 Å². The summed E-state index contributed by atoms with van der Waals surface area (Å²) in [5.74, 6) is -0.205. The Kier molecular flexibility index (Phi) is 3.46. The van der Waals surface area contributed by atoms with Crippen LogP contribution < -0.4 is 10.5 Å². The number of benzene rings is 1. The van der Waals surface area contributed by atoms with Crippen molar-refractivity contribution < 1.29 is 14.6 Å². The third kappa shape index (κ3) is 2.54. The molecule has 0 fully saturated rings. The minimum atomic E-state index is -1.05. The third-order valence-corrected chi connectivity index (χ3v) is 2.80. The molecule has 2 rings (SSSR count). The molecule has 0 saturated heterocycles. The second-order valence-electron chi connectivity index (χ2n) is 4.25. The van der Waals surface area contributed by atoms with Crippen LogP contribution in [0.2, 0.25) is 0 Å². The fourth-order valence-corrected chi connectivity index (χ4v) is 1.93. The van der Waals surface area contributed by atoms with Crippen molar-refractivity contribution in [3.8, 4) is 17.0 Å². The molecule has 1 aromatic heterocycles. The number of nitrogens with one attached hydrogen (secondary N) is 1. The van der Waals surface area contributed by atoms with Crippen LogP contribution in [0.1, 0.15) is 22.8 Å². The maximum absolute atomic E-state index is 11.0. The summed E-state index contributed by atoms with van der Waals surface area (Å²) in [6, 6.07) is 7.27. The van der Waals surface area contributed by atoms with Crippen LogP contribution >= 0.6 is 0 Å². The van der Waals surface area contributed by atoms with Gasteiger partial charge in [-0.3, -0.25) is 0 Å². The maximum atomic E-state index is 11.0. The van der Waals surface area contributed by atoms with E-state index >= 15 is 0 Å². The van der Waals surface area contributed by atoms with Crippen LogP contribution in [-0.2, 0) is 0 Å². The smallest absolute Gasteiger partial charge is 0.339 e. The Labute approximate surface area is 111 Å². The van der Waals surface area contributed by atoms with Crippen molar-refractivity contribution in [1.29, 1.82) is 0 Å². The van der Waals surface area contributed by atoms with Gasteiger partial charge in [-0.25, -0.2) is 4.79 Å². The number of carboxylic acid groups (broad SMARTS) is 1. The lowest BCUT2D eigenvalue weighted by Gasteiger charge is -2.09. The number of aromatic amines is 1. The molecule has 1 aromatic carbocycles. The number of nitrogens with two attached hydrogens (primary N) is 1. The summed E-state index contributed by atoms with van der Waals surface area (Å²) >= 11 is 0. The molecule has 0 spiro atoms. The van der Waals surface area contributed by atoms with Crippen molar-refractivity contribution in [3.63, 3.8) is 0 Å². The number of ether oxygens (including phenoxy) is 1. The molecule has 0 aliphatic heterocycles. The van der Waals surface area contributed by atoms with Gasteiger partial charge >= 0.3 is 5.97 Å². The van der Waals surface area contributed by atoms with Crippen LogP contribution in [0.15, 0.2) is 24.3 Å². The van der Waals surface area contributed by atoms with Crippen LogP contribution in [0.3, 0.4) is 0 Å². The normalized spacial score (nSPS) is 10.4. The van der Waals surface area contributed by atoms with Crippen molar-refractivity contribution in [1.82, 2.24) is 4.98 Å². The van der Waals surface area contributed by atoms with E-state index in [0.717, 1.165) is 11.1 Å². The minimum absolute atomic E-state index is 0.0685. The van der Waals surface area contributed by atoms with Crippen LogP contribution in [0.4, 0.5) is 5.82 Å². The number of aromatic carboxylic acids is 1. The predicted octanol–water partition coefficient (Wildman–Crippen LogP) is 2.67. The Balaban J connectivity index is 2.54. The van der Waals surface area contributed by atoms with Crippen LogP contribution in [-0.4, -0.2) is 22.7 Å². The molecule has 0 aliphatic carbocycles. The van der Waals surface area contributed by atoms with Gasteiger partial charge in [-0.1, -0.05) is 11.6 Å². The number of aromatic nitrogens is 1. The average Bonchev–Trinajstić information content (AvgIpc) is 2.74. The number of anilines is 1. The number of carboxylic acids is 1. The highest BCUT2D eigenvalue weighted by Crippen LogP contribution is 2.32. The van der Waals surface area contributed by atoms with E-state index in [1.807, 2.05) is 32.0 Å². The van der Waals surface area contributed by atoms with Gasteiger partial charge in [0.25, 0.3) is 0 Å². The Morgan fingerprint density at radius 2 is 2.16 bits per heavy atom. The van der Waals surface area contributed by atoms with E-state index < -0.39 is 5.97 Å². The number of nitrogen functional groups attached to an aromatic ring is 1. The monoisotopic (exact) mass is 260 g/mol. The second-order valence-corrected chi connectivity index (χ2v) is 4.25. The summed E-state index contributed by atoms with van der Waals surface area (Å²) < 4.78 is 5.55. The van der Waals surface area contributed by atoms with E-state index in [-0.39, 0.29) is 11.4 Å². The molecule has 100 valence electrons. The molecular weight excluding hydrogens is 244 g/mol. The molecule has 2 aromatic rings. The summed E-state index contributed by atoms with van der Waals surface area (Å²) in [4.78, 5) is 13.9. The van der Waals surface area contributed by atoms with Gasteiger partial charge in [0.15, 0.2) is 0 Å². The van der Waals surface area contributed by atoms with E-state index in [2.05, 4.69) is 4.98 Å². The number of rotatable bonds is 4. The molecule has 0 unspecified atom stereocenters. The molecule has 0 amide bonds. The topological polar surface area (TPSA) is 88.3 Å². The van der Waals surface area contributed by atoms with Crippen molar-refractivity contribution in [2.45, 2.75) is 13.8 Å². The zero-order valence-corrected chi connectivity index (χ0v) is 10.9. The molecule has 0 radical (unpaired) electrons. The fraction of sp³-hybridized carbons (Fsp3) is 0.214. The number of H-pyrrole nitrogens is 1. The molecule has 5 nitrogen and oxygen atoms in total. The molecule has 5 heteroatoms. The zero-order valence-electron chi connectivity index (χ0n) is 10.9. The van der Waals surface area contributed by atoms with Gasteiger partial charge in [0.05, 0.1) is 12.3 Å². The Morgan fingerprint density at radius 3 is 2.74 bits per heavy atom. The third-order valence-electron chi connectivity index (χ3n) is 2.80. The second kappa shape index (κ2) is 5.06. The van der Waals surface area contributed by atoms with Crippen molar-refractivity contribution in [3.05, 3.63) is 35.4 Å². The van der Waals surface area contributed by atoms with Gasteiger partial charge in [-0.05, 0) is 32.0 Å². The Hall–Kier alpha value is -2.43. The molecule has 4 N–H and O–H groups in total. The largest absolute Gasteiger partial charge is 0.493 e. The highest BCUT2D eigenvalue weighted by molar-refractivity contribution is 5.95. The number of hydrogen-bond acceptors (Lipinski definition) is 3. The van der Waals surface area contributed by atoms with Crippen molar-refractivity contribution in [2.24, 2.45) is 0 Å². The van der Waals surface area contributed by atoms with E-state index in [4.69, 9.17) is 15.6 Å². The van der Waals surface area contributed by atoms with Crippen LogP contribution in [0, 0.1) is 6.92 Å². The number of hydrogen-bond donors (Lipinski definition) is 3. The first-order valence-corrected chi connectivity index (χ1v) is 5.98. The first-order chi connectivity index (χ1) is 9.02. The lowest BCUT2D eigenvalue weighted by molar-refractivity contribution is 0.0698. The molecule has 0 saturated carbocycles. The van der Waals surface area contributed by atoms with Gasteiger partial charge in [0.1, 0.15) is 17.1 Å². The standard InChI is InChI=1S/C14H16N2O3/c1-3-19-12-5-4-8(2)6-9(12)11-7-10(14(17)18)13(15)16-11/h4-7,16H,3,15H2,1-2H3,(H,17,18). The van der Waals surface area contributed by atoms with Crippen LogP contribution in [0.25, 0.3) is 11.3 Å². The zero-order chi connectivity index (χ0) is 14.0. The molecular formula is C14H16N2O3. The predicted molar refractivity (Wildman–Crippen MR) is 73.5 cm³/mol. The van der Waals surface area contributed by atoms with E-state index in [1.165, 1.54) is 6.07 Å². The van der Waals surface area contributed by atoms with Crippen LogP contribution in [0.5, 0.6) is 5.75 Å².